The molecule has 132 valence electrons. The molecule has 0 saturated carbocycles. The predicted molar refractivity (Wildman–Crippen MR) is 94.4 cm³/mol. The van der Waals surface area contributed by atoms with E-state index in [1.165, 1.54) is 14.2 Å². The smallest absolute Gasteiger partial charge is 0.354 e. The maximum absolute atomic E-state index is 12.8. The molecule has 0 spiro atoms. The van der Waals surface area contributed by atoms with Gasteiger partial charge in [0, 0.05) is 0 Å². The zero-order valence-corrected chi connectivity index (χ0v) is 14.5. The molecule has 2 aromatic carbocycles. The van der Waals surface area contributed by atoms with E-state index in [9.17, 15) is 9.59 Å². The minimum atomic E-state index is -1.25. The van der Waals surface area contributed by atoms with Crippen molar-refractivity contribution in [1.29, 1.82) is 0 Å². The van der Waals surface area contributed by atoms with E-state index in [1.807, 2.05) is 65.6 Å². The van der Waals surface area contributed by atoms with Crippen LogP contribution in [0.1, 0.15) is 23.3 Å². The lowest BCUT2D eigenvalue weighted by Gasteiger charge is -2.13. The van der Waals surface area contributed by atoms with Crippen LogP contribution in [0.25, 0.3) is 0 Å². The van der Waals surface area contributed by atoms with Gasteiger partial charge >= 0.3 is 11.9 Å². The van der Waals surface area contributed by atoms with Crippen molar-refractivity contribution in [2.24, 2.45) is 4.99 Å². The topological polar surface area (TPSA) is 68.0 Å². The van der Waals surface area contributed by atoms with E-state index in [1.54, 1.807) is 0 Å². The first kappa shape index (κ1) is 16.5. The maximum atomic E-state index is 12.8. The molecule has 4 rings (SSSR count). The van der Waals surface area contributed by atoms with E-state index in [2.05, 4.69) is 4.99 Å². The van der Waals surface area contributed by atoms with E-state index in [0.717, 1.165) is 11.1 Å². The summed E-state index contributed by atoms with van der Waals surface area (Å²) in [6.45, 7) is 0. The molecule has 0 N–H and O–H groups in total. The van der Waals surface area contributed by atoms with E-state index >= 15 is 0 Å². The lowest BCUT2D eigenvalue weighted by molar-refractivity contribution is -0.144. The van der Waals surface area contributed by atoms with E-state index in [4.69, 9.17) is 9.47 Å². The Hall–Kier alpha value is -2.99. The molecule has 1 fully saturated rings. The van der Waals surface area contributed by atoms with Gasteiger partial charge in [-0.2, -0.15) is 0 Å². The molecule has 2 heterocycles. The summed E-state index contributed by atoms with van der Waals surface area (Å²) in [4.78, 5) is 31.7. The molecule has 1 saturated heterocycles. The highest BCUT2D eigenvalue weighted by Gasteiger charge is 2.79. The Morgan fingerprint density at radius 1 is 0.923 bits per heavy atom. The van der Waals surface area contributed by atoms with Gasteiger partial charge in [-0.15, -0.1) is 0 Å². The molecule has 2 aliphatic heterocycles. The Labute approximate surface area is 151 Å². The van der Waals surface area contributed by atoms with Gasteiger partial charge in [-0.3, -0.25) is 4.99 Å². The molecular weight excluding hydrogens is 332 g/mol. The fourth-order valence-electron chi connectivity index (χ4n) is 3.85. The third-order valence-electron chi connectivity index (χ3n) is 4.98. The number of hydrogen-bond donors (Lipinski definition) is 0. The minimum Gasteiger partial charge on any atom is -0.467 e. The number of esters is 2. The van der Waals surface area contributed by atoms with Gasteiger partial charge in [-0.1, -0.05) is 60.7 Å². The number of aliphatic imine (C=N–C) groups is 1. The number of methoxy groups -OCH3 is 2. The minimum absolute atomic E-state index is 0.0922. The van der Waals surface area contributed by atoms with Gasteiger partial charge in [-0.05, 0) is 11.1 Å². The molecule has 0 radical (unpaired) electrons. The number of benzene rings is 2. The van der Waals surface area contributed by atoms with Crippen LogP contribution >= 0.6 is 0 Å². The number of hydrogen-bond acceptors (Lipinski definition) is 6. The van der Waals surface area contributed by atoms with Crippen molar-refractivity contribution in [3.05, 3.63) is 71.8 Å². The highest BCUT2D eigenvalue weighted by atomic mass is 16.5. The van der Waals surface area contributed by atoms with Gasteiger partial charge < -0.3 is 9.47 Å². The van der Waals surface area contributed by atoms with Crippen LogP contribution in [0.3, 0.4) is 0 Å². The van der Waals surface area contributed by atoms with Crippen molar-refractivity contribution in [3.8, 4) is 0 Å². The number of carbonyl (C=O) groups is 2. The molecule has 26 heavy (non-hydrogen) atoms. The predicted octanol–water partition coefficient (Wildman–Crippen LogP) is 2.28. The molecule has 2 aromatic rings. The van der Waals surface area contributed by atoms with E-state index in [0.29, 0.717) is 0 Å². The Morgan fingerprint density at radius 3 is 2.04 bits per heavy atom. The average molecular weight is 350 g/mol. The number of ether oxygens (including phenoxy) is 2. The fourth-order valence-corrected chi connectivity index (χ4v) is 3.85. The second-order valence-corrected chi connectivity index (χ2v) is 6.23. The number of fused-ring (bicyclic) bond motifs is 1. The van der Waals surface area contributed by atoms with E-state index < -0.39 is 23.6 Å². The van der Waals surface area contributed by atoms with Gasteiger partial charge in [0.1, 0.15) is 6.17 Å². The summed E-state index contributed by atoms with van der Waals surface area (Å²) in [7, 11) is 2.61. The molecule has 0 bridgehead atoms. The summed E-state index contributed by atoms with van der Waals surface area (Å²) in [6, 6.07) is 18.8. The third kappa shape index (κ3) is 2.12. The Bertz CT molecular complexity index is 881. The quantitative estimate of drug-likeness (QED) is 0.625. The van der Waals surface area contributed by atoms with Gasteiger partial charge in [0.2, 0.25) is 0 Å². The third-order valence-corrected chi connectivity index (χ3v) is 4.98. The summed E-state index contributed by atoms with van der Waals surface area (Å²) < 4.78 is 9.99. The van der Waals surface area contributed by atoms with Crippen LogP contribution in [0.2, 0.25) is 0 Å². The zero-order chi connectivity index (χ0) is 18.3. The first-order chi connectivity index (χ1) is 12.7. The Morgan fingerprint density at radius 2 is 1.50 bits per heavy atom. The summed E-state index contributed by atoms with van der Waals surface area (Å²) in [5, 5.41) is 0. The first-order valence-electron chi connectivity index (χ1n) is 8.29. The van der Waals surface area contributed by atoms with Gasteiger partial charge in [0.25, 0.3) is 0 Å². The fraction of sp³-hybridized carbons (Fsp3) is 0.250. The van der Waals surface area contributed by atoms with E-state index in [-0.39, 0.29) is 11.8 Å². The van der Waals surface area contributed by atoms with Crippen molar-refractivity contribution >= 4 is 17.7 Å². The van der Waals surface area contributed by atoms with Crippen LogP contribution in [0.15, 0.2) is 65.7 Å². The number of nitrogens with zero attached hydrogens (tertiary/aromatic N) is 2. The number of carbonyl (C=O) groups excluding carboxylic acids is 2. The molecule has 0 aromatic heterocycles. The summed E-state index contributed by atoms with van der Waals surface area (Å²) >= 11 is 0. The first-order valence-corrected chi connectivity index (χ1v) is 8.29. The monoisotopic (exact) mass is 350 g/mol. The highest BCUT2D eigenvalue weighted by Crippen LogP contribution is 2.63. The van der Waals surface area contributed by atoms with Crippen LogP contribution < -0.4 is 0 Å². The second kappa shape index (κ2) is 6.07. The zero-order valence-electron chi connectivity index (χ0n) is 14.5. The van der Waals surface area contributed by atoms with Crippen molar-refractivity contribution < 1.29 is 19.1 Å². The van der Waals surface area contributed by atoms with Crippen LogP contribution in [0, 0.1) is 0 Å². The lowest BCUT2D eigenvalue weighted by atomic mass is 9.94. The molecule has 6 nitrogen and oxygen atoms in total. The Balaban J connectivity index is 1.87. The van der Waals surface area contributed by atoms with Crippen LogP contribution in [-0.4, -0.2) is 42.3 Å². The van der Waals surface area contributed by atoms with Gasteiger partial charge in [0.05, 0.1) is 20.3 Å². The van der Waals surface area contributed by atoms with Crippen molar-refractivity contribution in [2.75, 3.05) is 14.2 Å². The van der Waals surface area contributed by atoms with Gasteiger partial charge in [0.15, 0.2) is 11.3 Å². The molecular formula is C20H18N2O4. The normalized spacial score (nSPS) is 28.7. The molecule has 2 aliphatic rings. The van der Waals surface area contributed by atoms with Crippen molar-refractivity contribution in [3.63, 3.8) is 0 Å². The molecule has 0 amide bonds. The van der Waals surface area contributed by atoms with Crippen molar-refractivity contribution in [2.45, 2.75) is 17.7 Å². The number of rotatable bonds is 4. The second-order valence-electron chi connectivity index (χ2n) is 6.23. The average Bonchev–Trinajstić information content (AvgIpc) is 3.27. The molecule has 4 atom stereocenters. The SMILES string of the molecule is COC(=O)C1=N[C@@H](c2ccccc2)N2[C@H](c3ccccc3)[C@@]12C(=O)OC. The molecule has 0 aliphatic carbocycles. The van der Waals surface area contributed by atoms with Crippen LogP contribution in [-0.2, 0) is 19.1 Å². The van der Waals surface area contributed by atoms with Crippen molar-refractivity contribution in [1.82, 2.24) is 4.90 Å². The summed E-state index contributed by atoms with van der Waals surface area (Å²) in [6.07, 6.45) is -0.449. The van der Waals surface area contributed by atoms with Crippen LogP contribution in [0.5, 0.6) is 0 Å². The molecule has 6 heteroatoms. The summed E-state index contributed by atoms with van der Waals surface area (Å²) in [5.41, 5.74) is 0.673. The van der Waals surface area contributed by atoms with Gasteiger partial charge in [-0.25, -0.2) is 14.5 Å². The lowest BCUT2D eigenvalue weighted by Crippen LogP contribution is -2.41. The van der Waals surface area contributed by atoms with Crippen LogP contribution in [0.4, 0.5) is 0 Å². The highest BCUT2D eigenvalue weighted by molar-refractivity contribution is 6.47. The summed E-state index contributed by atoms with van der Waals surface area (Å²) in [5.74, 6) is -1.12. The standard InChI is InChI=1S/C20H18N2O4/c1-25-18(23)15-20(19(24)26-2)16(13-9-5-3-6-10-13)22(20)17(21-15)14-11-7-4-8-12-14/h3-12,16-17H,1-2H3/t16-,17-,20-,22?/m1/s1. The molecule has 1 unspecified atom stereocenters. The Kier molecular flexibility index (Phi) is 3.85. The maximum Gasteiger partial charge on any atom is 0.354 e. The largest absolute Gasteiger partial charge is 0.467 e.